The van der Waals surface area contributed by atoms with Gasteiger partial charge in [-0.2, -0.15) is 4.99 Å². The summed E-state index contributed by atoms with van der Waals surface area (Å²) >= 11 is 0. The van der Waals surface area contributed by atoms with E-state index in [0.717, 1.165) is 43.0 Å². The van der Waals surface area contributed by atoms with Crippen molar-refractivity contribution in [2.75, 3.05) is 4.90 Å². The van der Waals surface area contributed by atoms with Gasteiger partial charge in [0.25, 0.3) is 0 Å². The highest BCUT2D eigenvalue weighted by molar-refractivity contribution is 6.05. The molecular weight excluding hydrogens is 306 g/mol. The molecule has 126 valence electrons. The fourth-order valence-electron chi connectivity index (χ4n) is 3.43. The molecule has 7 nitrogen and oxygen atoms in total. The largest absolute Gasteiger partial charge is 0.478 e. The monoisotopic (exact) mass is 327 g/mol. The van der Waals surface area contributed by atoms with Gasteiger partial charge < -0.3 is 16.6 Å². The third kappa shape index (κ3) is 3.10. The number of nitrogens with two attached hydrogens (primary N) is 2. The van der Waals surface area contributed by atoms with Crippen LogP contribution in [0.2, 0.25) is 0 Å². The second-order valence-electron chi connectivity index (χ2n) is 6.09. The Hall–Kier alpha value is -2.83. The van der Waals surface area contributed by atoms with Crippen LogP contribution < -0.4 is 16.4 Å². The number of carboxylic acids is 1. The van der Waals surface area contributed by atoms with E-state index >= 15 is 0 Å². The van der Waals surface area contributed by atoms with Gasteiger partial charge in [0.2, 0.25) is 11.9 Å². The minimum Gasteiger partial charge on any atom is -0.478 e. The van der Waals surface area contributed by atoms with E-state index in [1.54, 1.807) is 6.08 Å². The zero-order valence-corrected chi connectivity index (χ0v) is 13.4. The third-order valence-electron chi connectivity index (χ3n) is 4.40. The summed E-state index contributed by atoms with van der Waals surface area (Å²) in [7, 11) is 0. The van der Waals surface area contributed by atoms with Crippen LogP contribution in [0.1, 0.15) is 37.7 Å². The third-order valence-corrected chi connectivity index (χ3v) is 4.40. The maximum absolute atomic E-state index is 10.7. The van der Waals surface area contributed by atoms with Gasteiger partial charge >= 0.3 is 5.97 Å². The van der Waals surface area contributed by atoms with Crippen LogP contribution in [-0.2, 0) is 4.79 Å². The van der Waals surface area contributed by atoms with Gasteiger partial charge in [-0.3, -0.25) is 4.90 Å². The van der Waals surface area contributed by atoms with Gasteiger partial charge in [-0.05, 0) is 49.5 Å². The molecular formula is C17H21N5O2. The molecule has 1 aliphatic carbocycles. The van der Waals surface area contributed by atoms with Crippen LogP contribution in [-0.4, -0.2) is 28.7 Å². The molecule has 0 radical (unpaired) electrons. The van der Waals surface area contributed by atoms with E-state index in [0.29, 0.717) is 5.96 Å². The number of benzene rings is 1. The molecule has 2 aliphatic rings. The number of aliphatic carboxylic acids is 1. The van der Waals surface area contributed by atoms with Crippen LogP contribution in [0.25, 0.3) is 6.08 Å². The first kappa shape index (κ1) is 16.0. The Morgan fingerprint density at radius 1 is 1.25 bits per heavy atom. The van der Waals surface area contributed by atoms with Gasteiger partial charge in [-0.1, -0.05) is 18.6 Å². The number of guanidine groups is 2. The second-order valence-corrected chi connectivity index (χ2v) is 6.09. The molecule has 5 N–H and O–H groups in total. The van der Waals surface area contributed by atoms with Crippen LogP contribution in [0.3, 0.4) is 0 Å². The SMILES string of the molecule is NC1=NC2(CCCCC2)N(c2cccc(C=CC(=O)O)c2)C(N)=N1. The second kappa shape index (κ2) is 6.35. The van der Waals surface area contributed by atoms with Crippen molar-refractivity contribution in [3.05, 3.63) is 35.9 Å². The number of hydrogen-bond acceptors (Lipinski definition) is 6. The summed E-state index contributed by atoms with van der Waals surface area (Å²) in [5.74, 6) is -0.447. The molecule has 3 rings (SSSR count). The van der Waals surface area contributed by atoms with Crippen molar-refractivity contribution >= 4 is 29.7 Å². The van der Waals surface area contributed by atoms with E-state index in [9.17, 15) is 4.79 Å². The summed E-state index contributed by atoms with van der Waals surface area (Å²) in [5, 5.41) is 8.79. The molecule has 0 atom stereocenters. The van der Waals surface area contributed by atoms with Crippen molar-refractivity contribution in [2.24, 2.45) is 21.5 Å². The lowest BCUT2D eigenvalue weighted by molar-refractivity contribution is -0.131. The maximum atomic E-state index is 10.7. The zero-order chi connectivity index (χ0) is 17.2. The Morgan fingerprint density at radius 3 is 2.71 bits per heavy atom. The standard InChI is InChI=1S/C17H21N5O2/c18-15-20-16(19)22(17(21-15)9-2-1-3-10-17)13-6-4-5-12(11-13)7-8-14(23)24/h4-8,11H,1-3,9-10H2,(H,23,24)(H4,18,19,20,21). The lowest BCUT2D eigenvalue weighted by atomic mass is 9.87. The predicted molar refractivity (Wildman–Crippen MR) is 94.7 cm³/mol. The number of aliphatic imine (C=N–C) groups is 2. The topological polar surface area (TPSA) is 117 Å². The zero-order valence-electron chi connectivity index (χ0n) is 13.4. The number of rotatable bonds is 3. The smallest absolute Gasteiger partial charge is 0.328 e. The summed E-state index contributed by atoms with van der Waals surface area (Å²) in [6, 6.07) is 7.51. The molecule has 1 aromatic rings. The lowest BCUT2D eigenvalue weighted by Gasteiger charge is -2.45. The van der Waals surface area contributed by atoms with E-state index in [1.165, 1.54) is 6.42 Å². The molecule has 1 heterocycles. The molecule has 1 spiro atoms. The summed E-state index contributed by atoms with van der Waals surface area (Å²) in [5.41, 5.74) is 13.2. The molecule has 0 saturated heterocycles. The van der Waals surface area contributed by atoms with Crippen molar-refractivity contribution in [3.8, 4) is 0 Å². The van der Waals surface area contributed by atoms with Crippen molar-refractivity contribution in [1.29, 1.82) is 0 Å². The normalized spacial score (nSPS) is 20.1. The summed E-state index contributed by atoms with van der Waals surface area (Å²) in [6.07, 6.45) is 7.66. The highest BCUT2D eigenvalue weighted by atomic mass is 16.4. The molecule has 1 aliphatic heterocycles. The Balaban J connectivity index is 2.01. The average molecular weight is 327 g/mol. The summed E-state index contributed by atoms with van der Waals surface area (Å²) < 4.78 is 0. The Bertz CT molecular complexity index is 732. The fraction of sp³-hybridized carbons (Fsp3) is 0.353. The van der Waals surface area contributed by atoms with Crippen molar-refractivity contribution in [2.45, 2.75) is 37.8 Å². The van der Waals surface area contributed by atoms with Crippen LogP contribution in [0.15, 0.2) is 40.3 Å². The summed E-state index contributed by atoms with van der Waals surface area (Å²) in [4.78, 5) is 21.4. The van der Waals surface area contributed by atoms with Crippen molar-refractivity contribution in [3.63, 3.8) is 0 Å². The van der Waals surface area contributed by atoms with Crippen molar-refractivity contribution in [1.82, 2.24) is 0 Å². The van der Waals surface area contributed by atoms with Gasteiger partial charge in [-0.25, -0.2) is 9.79 Å². The highest BCUT2D eigenvalue weighted by Crippen LogP contribution is 2.39. The maximum Gasteiger partial charge on any atom is 0.328 e. The molecule has 7 heteroatoms. The van der Waals surface area contributed by atoms with Gasteiger partial charge in [0.15, 0.2) is 0 Å². The Morgan fingerprint density at radius 2 is 2.00 bits per heavy atom. The van der Waals surface area contributed by atoms with E-state index in [4.69, 9.17) is 16.6 Å². The van der Waals surface area contributed by atoms with Gasteiger partial charge in [0.05, 0.1) is 0 Å². The number of anilines is 1. The highest BCUT2D eigenvalue weighted by Gasteiger charge is 2.42. The number of carboxylic acid groups (broad SMARTS) is 1. The molecule has 0 amide bonds. The van der Waals surface area contributed by atoms with Crippen molar-refractivity contribution < 1.29 is 9.90 Å². The molecule has 24 heavy (non-hydrogen) atoms. The van der Waals surface area contributed by atoms with Crippen LogP contribution in [0, 0.1) is 0 Å². The van der Waals surface area contributed by atoms with Gasteiger partial charge in [-0.15, -0.1) is 0 Å². The van der Waals surface area contributed by atoms with Gasteiger partial charge in [0, 0.05) is 11.8 Å². The van der Waals surface area contributed by atoms with E-state index < -0.39 is 11.6 Å². The van der Waals surface area contributed by atoms with Gasteiger partial charge in [0.1, 0.15) is 5.66 Å². The summed E-state index contributed by atoms with van der Waals surface area (Å²) in [6.45, 7) is 0. The first-order valence-electron chi connectivity index (χ1n) is 8.01. The van der Waals surface area contributed by atoms with E-state index in [1.807, 2.05) is 29.2 Å². The number of carbonyl (C=O) groups is 1. The minimum absolute atomic E-state index is 0.215. The molecule has 1 saturated carbocycles. The molecule has 1 aromatic carbocycles. The first-order valence-corrected chi connectivity index (χ1v) is 8.01. The minimum atomic E-state index is -0.986. The predicted octanol–water partition coefficient (Wildman–Crippen LogP) is 1.89. The number of nitrogens with zero attached hydrogens (tertiary/aromatic N) is 3. The van der Waals surface area contributed by atoms with E-state index in [2.05, 4.69) is 9.98 Å². The lowest BCUT2D eigenvalue weighted by Crippen LogP contribution is -2.58. The Kier molecular flexibility index (Phi) is 4.24. The Labute approximate surface area is 140 Å². The van der Waals surface area contributed by atoms with Crippen LogP contribution >= 0.6 is 0 Å². The quantitative estimate of drug-likeness (QED) is 0.733. The van der Waals surface area contributed by atoms with Crippen LogP contribution in [0.4, 0.5) is 5.69 Å². The molecule has 0 bridgehead atoms. The average Bonchev–Trinajstić information content (AvgIpc) is 2.53. The molecule has 1 fully saturated rings. The number of hydrogen-bond donors (Lipinski definition) is 3. The van der Waals surface area contributed by atoms with E-state index in [-0.39, 0.29) is 5.96 Å². The van der Waals surface area contributed by atoms with Crippen LogP contribution in [0.5, 0.6) is 0 Å². The first-order chi connectivity index (χ1) is 11.5. The fourth-order valence-corrected chi connectivity index (χ4v) is 3.43. The molecule has 0 aromatic heterocycles. The molecule has 0 unspecified atom stereocenters.